The molecule has 0 radical (unpaired) electrons. The lowest BCUT2D eigenvalue weighted by Gasteiger charge is -2.32. The van der Waals surface area contributed by atoms with Gasteiger partial charge in [-0.05, 0) is 68.7 Å². The van der Waals surface area contributed by atoms with Crippen LogP contribution in [0.1, 0.15) is 53.6 Å². The third-order valence-corrected chi connectivity index (χ3v) is 7.49. The predicted octanol–water partition coefficient (Wildman–Crippen LogP) is 5.42. The summed E-state index contributed by atoms with van der Waals surface area (Å²) in [5.41, 5.74) is 1.63. The molecular weight excluding hydrogens is 521 g/mol. The average Bonchev–Trinajstić information content (AvgIpc) is 3.31. The smallest absolute Gasteiger partial charge is 0.328 e. The summed E-state index contributed by atoms with van der Waals surface area (Å²) in [5, 5.41) is 31.3. The van der Waals surface area contributed by atoms with Crippen molar-refractivity contribution in [1.29, 1.82) is 0 Å². The number of nitrogens with zero attached hydrogens (tertiary/aromatic N) is 3. The van der Waals surface area contributed by atoms with Crippen LogP contribution in [0.4, 0.5) is 0 Å². The van der Waals surface area contributed by atoms with Gasteiger partial charge in [-0.15, -0.1) is 11.3 Å². The Balaban J connectivity index is 1.73. The van der Waals surface area contributed by atoms with Gasteiger partial charge in [-0.25, -0.2) is 14.8 Å². The van der Waals surface area contributed by atoms with Gasteiger partial charge in [-0.1, -0.05) is 35.3 Å². The molecule has 0 aromatic carbocycles. The zero-order valence-corrected chi connectivity index (χ0v) is 22.3. The fourth-order valence-corrected chi connectivity index (χ4v) is 5.13. The number of aliphatic hydroxyl groups is 2. The van der Waals surface area contributed by atoms with Gasteiger partial charge in [-0.2, -0.15) is 0 Å². The lowest BCUT2D eigenvalue weighted by molar-refractivity contribution is -0.131. The second-order valence-corrected chi connectivity index (χ2v) is 10.5. The number of hydrogen-bond acceptors (Lipinski definition) is 7. The molecule has 3 aromatic rings. The van der Waals surface area contributed by atoms with Gasteiger partial charge in [0.05, 0.1) is 11.4 Å². The van der Waals surface area contributed by atoms with Gasteiger partial charge in [0.2, 0.25) is 0 Å². The number of allylic oxidation sites excluding steroid dienone is 1. The maximum absolute atomic E-state index is 11.0. The van der Waals surface area contributed by atoms with Crippen LogP contribution in [0.25, 0.3) is 5.57 Å². The molecular formula is C26H29Cl2N3O4S. The number of aryl methyl sites for hydroxylation is 1. The molecule has 36 heavy (non-hydrogen) atoms. The Morgan fingerprint density at radius 3 is 2.06 bits per heavy atom. The molecule has 3 rings (SSSR count). The van der Waals surface area contributed by atoms with Crippen molar-refractivity contribution in [2.75, 3.05) is 13.1 Å². The van der Waals surface area contributed by atoms with Crippen LogP contribution < -0.4 is 0 Å². The Hall–Kier alpha value is -2.33. The molecule has 0 aliphatic rings. The third kappa shape index (κ3) is 8.37. The summed E-state index contributed by atoms with van der Waals surface area (Å²) in [6.45, 7) is 4.30. The van der Waals surface area contributed by atoms with E-state index in [-0.39, 0.29) is 19.1 Å². The molecule has 10 heteroatoms. The summed E-state index contributed by atoms with van der Waals surface area (Å²) in [5.74, 6) is -0.966. The molecule has 3 aromatic heterocycles. The highest BCUT2D eigenvalue weighted by molar-refractivity contribution is 7.13. The van der Waals surface area contributed by atoms with Crippen molar-refractivity contribution in [2.45, 2.75) is 44.9 Å². The number of rotatable bonds is 12. The molecule has 0 saturated carbocycles. The second-order valence-electron chi connectivity index (χ2n) is 8.58. The van der Waals surface area contributed by atoms with E-state index in [1.165, 1.54) is 6.08 Å². The summed E-state index contributed by atoms with van der Waals surface area (Å²) >= 11 is 13.6. The quantitative estimate of drug-likeness (QED) is 0.204. The zero-order chi connectivity index (χ0) is 26.2. The van der Waals surface area contributed by atoms with E-state index in [4.69, 9.17) is 28.3 Å². The number of carbonyl (C=O) groups is 1. The minimum Gasteiger partial charge on any atom is -0.478 e. The first-order valence-corrected chi connectivity index (χ1v) is 13.0. The SMILES string of the molecule is C/C(=C\C(=O)O)c1ccc(CCC(C)N(CC(O)c2cccc(Cl)n2)CC(O)c2cccc(Cl)n2)s1. The van der Waals surface area contributed by atoms with Gasteiger partial charge in [0.25, 0.3) is 0 Å². The van der Waals surface area contributed by atoms with E-state index in [1.807, 2.05) is 24.0 Å². The van der Waals surface area contributed by atoms with Crippen molar-refractivity contribution in [2.24, 2.45) is 0 Å². The topological polar surface area (TPSA) is 107 Å². The highest BCUT2D eigenvalue weighted by atomic mass is 35.5. The lowest BCUT2D eigenvalue weighted by Crippen LogP contribution is -2.40. The Bertz CT molecular complexity index is 1150. The van der Waals surface area contributed by atoms with Gasteiger partial charge >= 0.3 is 5.97 Å². The third-order valence-electron chi connectivity index (χ3n) is 5.79. The first kappa shape index (κ1) is 28.2. The summed E-state index contributed by atoms with van der Waals surface area (Å²) < 4.78 is 0. The van der Waals surface area contributed by atoms with Crippen LogP contribution in [0.2, 0.25) is 10.3 Å². The van der Waals surface area contributed by atoms with Gasteiger partial charge in [0, 0.05) is 35.0 Å². The summed E-state index contributed by atoms with van der Waals surface area (Å²) in [4.78, 5) is 23.4. The van der Waals surface area contributed by atoms with Gasteiger partial charge in [0.15, 0.2) is 0 Å². The monoisotopic (exact) mass is 549 g/mol. The number of pyridine rings is 2. The maximum atomic E-state index is 11.0. The van der Waals surface area contributed by atoms with Gasteiger partial charge in [0.1, 0.15) is 22.5 Å². The summed E-state index contributed by atoms with van der Waals surface area (Å²) in [7, 11) is 0. The minimum atomic E-state index is -0.966. The van der Waals surface area contributed by atoms with E-state index < -0.39 is 18.2 Å². The molecule has 0 aliphatic carbocycles. The number of carboxylic acids is 1. The van der Waals surface area contributed by atoms with Crippen LogP contribution in [0.15, 0.2) is 54.6 Å². The van der Waals surface area contributed by atoms with Gasteiger partial charge in [-0.3, -0.25) is 4.90 Å². The average molecular weight is 551 g/mol. The fourth-order valence-electron chi connectivity index (χ4n) is 3.80. The molecule has 3 heterocycles. The first-order valence-electron chi connectivity index (χ1n) is 11.5. The molecule has 0 bridgehead atoms. The van der Waals surface area contributed by atoms with Crippen molar-refractivity contribution >= 4 is 46.1 Å². The maximum Gasteiger partial charge on any atom is 0.328 e. The Morgan fingerprint density at radius 2 is 1.56 bits per heavy atom. The fraction of sp³-hybridized carbons (Fsp3) is 0.346. The van der Waals surface area contributed by atoms with Crippen molar-refractivity contribution in [3.8, 4) is 0 Å². The van der Waals surface area contributed by atoms with Crippen LogP contribution in [0, 0.1) is 0 Å². The number of aliphatic hydroxyl groups excluding tert-OH is 2. The van der Waals surface area contributed by atoms with Crippen molar-refractivity contribution in [1.82, 2.24) is 14.9 Å². The number of halogens is 2. The number of thiophene rings is 1. The molecule has 0 spiro atoms. The van der Waals surface area contributed by atoms with E-state index >= 15 is 0 Å². The normalized spacial score (nSPS) is 14.6. The van der Waals surface area contributed by atoms with Crippen molar-refractivity contribution < 1.29 is 20.1 Å². The summed E-state index contributed by atoms with van der Waals surface area (Å²) in [6.07, 6.45) is 0.925. The van der Waals surface area contributed by atoms with E-state index in [2.05, 4.69) is 9.97 Å². The van der Waals surface area contributed by atoms with Crippen LogP contribution in [-0.2, 0) is 11.2 Å². The highest BCUT2D eigenvalue weighted by Gasteiger charge is 2.24. The molecule has 3 unspecified atom stereocenters. The first-order chi connectivity index (χ1) is 17.1. The molecule has 0 fully saturated rings. The lowest BCUT2D eigenvalue weighted by atomic mass is 10.1. The second kappa shape index (κ2) is 13.3. The molecule has 0 aliphatic heterocycles. The Morgan fingerprint density at radius 1 is 1.00 bits per heavy atom. The van der Waals surface area contributed by atoms with Crippen molar-refractivity contribution in [3.63, 3.8) is 0 Å². The molecule has 192 valence electrons. The highest BCUT2D eigenvalue weighted by Crippen LogP contribution is 2.27. The molecule has 3 N–H and O–H groups in total. The van der Waals surface area contributed by atoms with Crippen LogP contribution in [0.3, 0.4) is 0 Å². The molecule has 0 saturated heterocycles. The number of hydrogen-bond donors (Lipinski definition) is 3. The molecule has 3 atom stereocenters. The van der Waals surface area contributed by atoms with Crippen LogP contribution in [0.5, 0.6) is 0 Å². The van der Waals surface area contributed by atoms with Crippen molar-refractivity contribution in [3.05, 3.63) is 86.1 Å². The van der Waals surface area contributed by atoms with Crippen LogP contribution >= 0.6 is 34.5 Å². The van der Waals surface area contributed by atoms with E-state index in [1.54, 1.807) is 54.7 Å². The minimum absolute atomic E-state index is 0.00567. The van der Waals surface area contributed by atoms with E-state index in [9.17, 15) is 15.0 Å². The van der Waals surface area contributed by atoms with E-state index in [0.717, 1.165) is 22.6 Å². The van der Waals surface area contributed by atoms with E-state index in [0.29, 0.717) is 27.3 Å². The van der Waals surface area contributed by atoms with Crippen LogP contribution in [-0.4, -0.2) is 55.3 Å². The number of aromatic nitrogens is 2. The Labute approximate surface area is 224 Å². The largest absolute Gasteiger partial charge is 0.478 e. The summed E-state index contributed by atoms with van der Waals surface area (Å²) in [6, 6.07) is 14.1. The Kier molecular flexibility index (Phi) is 10.4. The number of aliphatic carboxylic acids is 1. The number of carboxylic acid groups (broad SMARTS) is 1. The standard InChI is InChI=1S/C26H29Cl2N3O4S/c1-16(13-26(34)35)23-12-11-18(36-23)10-9-17(2)31(14-21(32)19-5-3-7-24(27)29-19)15-22(33)20-6-4-8-25(28)30-20/h3-8,11-13,17,21-22,32-33H,9-10,14-15H2,1-2H3,(H,34,35)/b16-13+. The molecule has 7 nitrogen and oxygen atoms in total. The predicted molar refractivity (Wildman–Crippen MR) is 143 cm³/mol. The van der Waals surface area contributed by atoms with Gasteiger partial charge < -0.3 is 15.3 Å². The molecule has 0 amide bonds. The zero-order valence-electron chi connectivity index (χ0n) is 20.0.